The standard InChI is InChI=1S/C29H32N2O6/c1-3-13-36-23-6-4-5-20(18-23)26-25(27(32)21-7-8-24-22(17-21)16-19(2)37-24)28(33)29(34)31(26)10-9-30-11-14-35-15-12-30/h3-8,17-19,26,32H,1,9-16H2,2H3/b27-25+/t19-,26-/m1/s1. The van der Waals surface area contributed by atoms with Gasteiger partial charge in [-0.25, -0.2) is 0 Å². The van der Waals surface area contributed by atoms with Crippen molar-refractivity contribution in [2.75, 3.05) is 46.0 Å². The second-order valence-electron chi connectivity index (χ2n) is 9.57. The number of aliphatic hydroxyl groups is 1. The van der Waals surface area contributed by atoms with Crippen LogP contribution in [-0.4, -0.2) is 78.7 Å². The molecule has 2 fully saturated rings. The number of benzene rings is 2. The summed E-state index contributed by atoms with van der Waals surface area (Å²) in [4.78, 5) is 30.5. The van der Waals surface area contributed by atoms with Gasteiger partial charge in [-0.05, 0) is 48.4 Å². The summed E-state index contributed by atoms with van der Waals surface area (Å²) in [5.41, 5.74) is 2.24. The molecule has 0 bridgehead atoms. The van der Waals surface area contributed by atoms with E-state index in [1.54, 1.807) is 23.1 Å². The van der Waals surface area contributed by atoms with Crippen molar-refractivity contribution in [3.05, 3.63) is 77.4 Å². The minimum Gasteiger partial charge on any atom is -0.507 e. The molecule has 37 heavy (non-hydrogen) atoms. The van der Waals surface area contributed by atoms with Crippen molar-refractivity contribution >= 4 is 17.4 Å². The van der Waals surface area contributed by atoms with Gasteiger partial charge in [0.25, 0.3) is 11.7 Å². The number of morpholine rings is 1. The first kappa shape index (κ1) is 25.0. The topological polar surface area (TPSA) is 88.5 Å². The van der Waals surface area contributed by atoms with E-state index >= 15 is 0 Å². The van der Waals surface area contributed by atoms with Gasteiger partial charge in [-0.15, -0.1) is 0 Å². The number of fused-ring (bicyclic) bond motifs is 1. The molecule has 1 N–H and O–H groups in total. The number of hydrogen-bond acceptors (Lipinski definition) is 7. The summed E-state index contributed by atoms with van der Waals surface area (Å²) in [5.74, 6) is -0.113. The highest BCUT2D eigenvalue weighted by Gasteiger charge is 2.46. The van der Waals surface area contributed by atoms with Gasteiger partial charge in [-0.1, -0.05) is 24.8 Å². The lowest BCUT2D eigenvalue weighted by Gasteiger charge is -2.31. The molecule has 2 saturated heterocycles. The largest absolute Gasteiger partial charge is 0.507 e. The van der Waals surface area contributed by atoms with Crippen LogP contribution in [0.2, 0.25) is 0 Å². The molecular weight excluding hydrogens is 472 g/mol. The lowest BCUT2D eigenvalue weighted by molar-refractivity contribution is -0.140. The van der Waals surface area contributed by atoms with Crippen LogP contribution in [-0.2, 0) is 20.7 Å². The van der Waals surface area contributed by atoms with E-state index in [0.29, 0.717) is 49.8 Å². The van der Waals surface area contributed by atoms with Crippen molar-refractivity contribution in [3.8, 4) is 11.5 Å². The van der Waals surface area contributed by atoms with Crippen LogP contribution in [0.5, 0.6) is 11.5 Å². The second-order valence-corrected chi connectivity index (χ2v) is 9.57. The molecule has 0 aromatic heterocycles. The Kier molecular flexibility index (Phi) is 7.30. The molecule has 2 aromatic rings. The lowest BCUT2D eigenvalue weighted by atomic mass is 9.94. The van der Waals surface area contributed by atoms with E-state index < -0.39 is 17.7 Å². The van der Waals surface area contributed by atoms with E-state index in [2.05, 4.69) is 11.5 Å². The Bertz CT molecular complexity index is 1230. The molecule has 2 atom stereocenters. The number of ketones is 1. The van der Waals surface area contributed by atoms with Gasteiger partial charge in [0.15, 0.2) is 0 Å². The van der Waals surface area contributed by atoms with E-state index in [1.165, 1.54) is 0 Å². The van der Waals surface area contributed by atoms with Crippen LogP contribution >= 0.6 is 0 Å². The monoisotopic (exact) mass is 504 g/mol. The second kappa shape index (κ2) is 10.8. The first-order valence-electron chi connectivity index (χ1n) is 12.7. The van der Waals surface area contributed by atoms with E-state index in [0.717, 1.165) is 30.8 Å². The molecule has 0 aliphatic carbocycles. The summed E-state index contributed by atoms with van der Waals surface area (Å²) in [6.45, 7) is 9.79. The first-order chi connectivity index (χ1) is 18.0. The lowest BCUT2D eigenvalue weighted by Crippen LogP contribution is -2.42. The van der Waals surface area contributed by atoms with Crippen LogP contribution in [0.15, 0.2) is 60.7 Å². The Morgan fingerprint density at radius 2 is 1.97 bits per heavy atom. The minimum atomic E-state index is -0.739. The van der Waals surface area contributed by atoms with Crippen LogP contribution < -0.4 is 9.47 Å². The third-order valence-electron chi connectivity index (χ3n) is 7.01. The van der Waals surface area contributed by atoms with Crippen molar-refractivity contribution in [1.29, 1.82) is 0 Å². The molecule has 1 amide bonds. The molecule has 5 rings (SSSR count). The highest BCUT2D eigenvalue weighted by molar-refractivity contribution is 6.46. The number of likely N-dealkylation sites (tertiary alicyclic amines) is 1. The van der Waals surface area contributed by atoms with Gasteiger partial charge >= 0.3 is 0 Å². The number of rotatable bonds is 8. The molecule has 8 nitrogen and oxygen atoms in total. The van der Waals surface area contributed by atoms with Crippen LogP contribution in [0.4, 0.5) is 0 Å². The van der Waals surface area contributed by atoms with Gasteiger partial charge < -0.3 is 24.2 Å². The molecule has 2 aromatic carbocycles. The summed E-state index contributed by atoms with van der Waals surface area (Å²) < 4.78 is 16.9. The van der Waals surface area contributed by atoms with Crippen molar-refractivity contribution in [2.45, 2.75) is 25.5 Å². The fourth-order valence-corrected chi connectivity index (χ4v) is 5.19. The molecule has 0 saturated carbocycles. The van der Waals surface area contributed by atoms with E-state index in [-0.39, 0.29) is 17.4 Å². The number of aliphatic hydroxyl groups excluding tert-OH is 1. The van der Waals surface area contributed by atoms with Gasteiger partial charge in [0.2, 0.25) is 0 Å². The third-order valence-corrected chi connectivity index (χ3v) is 7.01. The summed E-state index contributed by atoms with van der Waals surface area (Å²) in [6, 6.07) is 11.9. The Balaban J connectivity index is 1.54. The smallest absolute Gasteiger partial charge is 0.295 e. The zero-order valence-electron chi connectivity index (χ0n) is 21.0. The number of ether oxygens (including phenoxy) is 3. The van der Waals surface area contributed by atoms with Gasteiger partial charge in [-0.2, -0.15) is 0 Å². The zero-order valence-corrected chi connectivity index (χ0v) is 21.0. The minimum absolute atomic E-state index is 0.0523. The van der Waals surface area contributed by atoms with E-state index in [9.17, 15) is 14.7 Å². The molecule has 0 unspecified atom stereocenters. The fourth-order valence-electron chi connectivity index (χ4n) is 5.19. The molecular formula is C29H32N2O6. The highest BCUT2D eigenvalue weighted by atomic mass is 16.5. The number of carbonyl (C=O) groups is 2. The van der Waals surface area contributed by atoms with Crippen molar-refractivity contribution in [3.63, 3.8) is 0 Å². The number of carbonyl (C=O) groups excluding carboxylic acids is 2. The third kappa shape index (κ3) is 5.12. The first-order valence-corrected chi connectivity index (χ1v) is 12.7. The molecule has 8 heteroatoms. The molecule has 0 radical (unpaired) electrons. The maximum absolute atomic E-state index is 13.4. The van der Waals surface area contributed by atoms with Gasteiger partial charge in [-0.3, -0.25) is 14.5 Å². The Labute approximate surface area is 216 Å². The van der Waals surface area contributed by atoms with Gasteiger partial charge in [0, 0.05) is 38.2 Å². The summed E-state index contributed by atoms with van der Waals surface area (Å²) in [7, 11) is 0. The van der Waals surface area contributed by atoms with Crippen molar-refractivity contribution in [1.82, 2.24) is 9.80 Å². The number of hydrogen-bond donors (Lipinski definition) is 1. The number of Topliss-reactive ketones (excluding diaryl/α,β-unsaturated/α-hetero) is 1. The van der Waals surface area contributed by atoms with Crippen molar-refractivity contribution in [2.24, 2.45) is 0 Å². The SMILES string of the molecule is C=CCOc1cccc([C@@H]2/C(=C(\O)c3ccc4c(c3)C[C@@H](C)O4)C(=O)C(=O)N2CCN2CCOCC2)c1. The summed E-state index contributed by atoms with van der Waals surface area (Å²) >= 11 is 0. The normalized spacial score (nSPS) is 23.1. The highest BCUT2D eigenvalue weighted by Crippen LogP contribution is 2.41. The van der Waals surface area contributed by atoms with E-state index in [4.69, 9.17) is 14.2 Å². The molecule has 3 aliphatic rings. The molecule has 194 valence electrons. The Morgan fingerprint density at radius 3 is 2.76 bits per heavy atom. The predicted molar refractivity (Wildman–Crippen MR) is 139 cm³/mol. The van der Waals surface area contributed by atoms with E-state index in [1.807, 2.05) is 37.3 Å². The average Bonchev–Trinajstić information content (AvgIpc) is 3.41. The van der Waals surface area contributed by atoms with Crippen LogP contribution in [0.3, 0.4) is 0 Å². The number of amides is 1. The Hall–Kier alpha value is -3.62. The average molecular weight is 505 g/mol. The quantitative estimate of drug-likeness (QED) is 0.255. The van der Waals surface area contributed by atoms with Crippen LogP contribution in [0.1, 0.15) is 29.7 Å². The van der Waals surface area contributed by atoms with Crippen molar-refractivity contribution < 1.29 is 28.9 Å². The molecule has 3 aliphatic heterocycles. The maximum atomic E-state index is 13.4. The van der Waals surface area contributed by atoms with Crippen LogP contribution in [0.25, 0.3) is 5.76 Å². The summed E-state index contributed by atoms with van der Waals surface area (Å²) in [5, 5.41) is 11.5. The zero-order chi connectivity index (χ0) is 25.9. The van der Waals surface area contributed by atoms with Gasteiger partial charge in [0.1, 0.15) is 30.0 Å². The molecule has 0 spiro atoms. The summed E-state index contributed by atoms with van der Waals surface area (Å²) in [6.07, 6.45) is 2.42. The predicted octanol–water partition coefficient (Wildman–Crippen LogP) is 3.33. The van der Waals surface area contributed by atoms with Crippen LogP contribution in [0, 0.1) is 0 Å². The van der Waals surface area contributed by atoms with Gasteiger partial charge in [0.05, 0.1) is 24.8 Å². The number of nitrogens with zero attached hydrogens (tertiary/aromatic N) is 2. The Morgan fingerprint density at radius 1 is 1.16 bits per heavy atom. The maximum Gasteiger partial charge on any atom is 0.295 e. The molecule has 3 heterocycles. The fraction of sp³-hybridized carbons (Fsp3) is 0.379.